The van der Waals surface area contributed by atoms with Crippen molar-refractivity contribution < 1.29 is 9.47 Å². The number of hydrogen-bond acceptors (Lipinski definition) is 2. The van der Waals surface area contributed by atoms with Crippen LogP contribution in [0.3, 0.4) is 0 Å². The first-order valence-corrected chi connectivity index (χ1v) is 7.51. The summed E-state index contributed by atoms with van der Waals surface area (Å²) in [5.74, 6) is 1.66. The van der Waals surface area contributed by atoms with E-state index in [0.717, 1.165) is 17.1 Å². The van der Waals surface area contributed by atoms with Gasteiger partial charge < -0.3 is 9.47 Å². The Bertz CT molecular complexity index is 586. The lowest BCUT2D eigenvalue weighted by molar-refractivity contribution is 0.198. The molecule has 0 aliphatic carbocycles. The van der Waals surface area contributed by atoms with Crippen molar-refractivity contribution in [3.8, 4) is 22.6 Å². The van der Waals surface area contributed by atoms with Gasteiger partial charge in [-0.05, 0) is 51.8 Å². The van der Waals surface area contributed by atoms with E-state index in [-0.39, 0.29) is 12.2 Å². The molecular formula is C19H24O2. The number of hydrogen-bond donors (Lipinski definition) is 0. The van der Waals surface area contributed by atoms with Gasteiger partial charge in [-0.15, -0.1) is 0 Å². The number of benzene rings is 2. The quantitative estimate of drug-likeness (QED) is 0.748. The van der Waals surface area contributed by atoms with Crippen molar-refractivity contribution in [2.45, 2.75) is 46.8 Å². The van der Waals surface area contributed by atoms with Crippen LogP contribution in [0.5, 0.6) is 11.5 Å². The Balaban J connectivity index is 2.50. The fourth-order valence-corrected chi connectivity index (χ4v) is 2.33. The van der Waals surface area contributed by atoms with Crippen LogP contribution in [0.1, 0.15) is 33.3 Å². The Morgan fingerprint density at radius 1 is 0.762 bits per heavy atom. The zero-order valence-electron chi connectivity index (χ0n) is 13.5. The summed E-state index contributed by atoms with van der Waals surface area (Å²) in [6.45, 7) is 10.2. The average molecular weight is 284 g/mol. The van der Waals surface area contributed by atoms with E-state index in [1.54, 1.807) is 0 Å². The van der Waals surface area contributed by atoms with E-state index < -0.39 is 0 Å². The molecule has 0 unspecified atom stereocenters. The van der Waals surface area contributed by atoms with Gasteiger partial charge >= 0.3 is 0 Å². The SMILES string of the molecule is Cc1c(-c2ccccc2)ccc(OC(C)C)c1OC(C)C. The van der Waals surface area contributed by atoms with E-state index in [1.165, 1.54) is 11.1 Å². The van der Waals surface area contributed by atoms with Gasteiger partial charge in [0.1, 0.15) is 0 Å². The summed E-state index contributed by atoms with van der Waals surface area (Å²) in [6.07, 6.45) is 0.241. The molecule has 0 heterocycles. The molecular weight excluding hydrogens is 260 g/mol. The molecule has 0 fully saturated rings. The van der Waals surface area contributed by atoms with Crippen molar-refractivity contribution >= 4 is 0 Å². The van der Waals surface area contributed by atoms with Crippen molar-refractivity contribution in [2.24, 2.45) is 0 Å². The zero-order valence-corrected chi connectivity index (χ0v) is 13.5. The molecule has 0 radical (unpaired) electrons. The zero-order chi connectivity index (χ0) is 15.4. The third-order valence-electron chi connectivity index (χ3n) is 3.17. The van der Waals surface area contributed by atoms with Crippen molar-refractivity contribution in [1.82, 2.24) is 0 Å². The monoisotopic (exact) mass is 284 g/mol. The van der Waals surface area contributed by atoms with Gasteiger partial charge in [-0.2, -0.15) is 0 Å². The fraction of sp³-hybridized carbons (Fsp3) is 0.368. The Morgan fingerprint density at radius 3 is 1.95 bits per heavy atom. The van der Waals surface area contributed by atoms with Gasteiger partial charge in [0.15, 0.2) is 11.5 Å². The molecule has 0 amide bonds. The summed E-state index contributed by atoms with van der Waals surface area (Å²) >= 11 is 0. The second-order valence-electron chi connectivity index (χ2n) is 5.76. The summed E-state index contributed by atoms with van der Waals surface area (Å²) in [5, 5.41) is 0. The number of rotatable bonds is 5. The summed E-state index contributed by atoms with van der Waals surface area (Å²) in [5.41, 5.74) is 3.50. The number of ether oxygens (including phenoxy) is 2. The topological polar surface area (TPSA) is 18.5 Å². The molecule has 0 aliphatic heterocycles. The van der Waals surface area contributed by atoms with E-state index in [0.29, 0.717) is 0 Å². The molecule has 0 atom stereocenters. The largest absolute Gasteiger partial charge is 0.487 e. The minimum Gasteiger partial charge on any atom is -0.487 e. The van der Waals surface area contributed by atoms with E-state index in [4.69, 9.17) is 9.47 Å². The van der Waals surface area contributed by atoms with Gasteiger partial charge in [0.05, 0.1) is 12.2 Å². The van der Waals surface area contributed by atoms with Crippen molar-refractivity contribution in [1.29, 1.82) is 0 Å². The minimum atomic E-state index is 0.115. The lowest BCUT2D eigenvalue weighted by Crippen LogP contribution is -2.12. The molecule has 0 bridgehead atoms. The average Bonchev–Trinajstić information content (AvgIpc) is 2.43. The highest BCUT2D eigenvalue weighted by atomic mass is 16.5. The third-order valence-corrected chi connectivity index (χ3v) is 3.17. The Morgan fingerprint density at radius 2 is 1.38 bits per heavy atom. The van der Waals surface area contributed by atoms with Gasteiger partial charge in [-0.1, -0.05) is 36.4 Å². The maximum absolute atomic E-state index is 6.01. The lowest BCUT2D eigenvalue weighted by Gasteiger charge is -2.21. The van der Waals surface area contributed by atoms with Crippen LogP contribution >= 0.6 is 0 Å². The Labute approximate surface area is 127 Å². The first-order valence-electron chi connectivity index (χ1n) is 7.51. The highest BCUT2D eigenvalue weighted by Gasteiger charge is 2.15. The third kappa shape index (κ3) is 3.78. The highest BCUT2D eigenvalue weighted by molar-refractivity contribution is 5.72. The fourth-order valence-electron chi connectivity index (χ4n) is 2.33. The highest BCUT2D eigenvalue weighted by Crippen LogP contribution is 2.38. The molecule has 0 N–H and O–H groups in total. The van der Waals surface area contributed by atoms with E-state index in [1.807, 2.05) is 39.8 Å². The van der Waals surface area contributed by atoms with Crippen LogP contribution in [0, 0.1) is 6.92 Å². The molecule has 112 valence electrons. The van der Waals surface area contributed by atoms with Crippen molar-refractivity contribution in [3.05, 3.63) is 48.0 Å². The van der Waals surface area contributed by atoms with Crippen LogP contribution in [0.15, 0.2) is 42.5 Å². The van der Waals surface area contributed by atoms with Crippen LogP contribution < -0.4 is 9.47 Å². The maximum atomic E-state index is 6.01. The first kappa shape index (κ1) is 15.4. The van der Waals surface area contributed by atoms with Crippen molar-refractivity contribution in [3.63, 3.8) is 0 Å². The summed E-state index contributed by atoms with van der Waals surface area (Å²) in [4.78, 5) is 0. The molecule has 21 heavy (non-hydrogen) atoms. The standard InChI is InChI=1S/C19H24O2/c1-13(2)20-18-12-11-17(16-9-7-6-8-10-16)15(5)19(18)21-14(3)4/h6-14H,1-5H3. The van der Waals surface area contributed by atoms with Crippen molar-refractivity contribution in [2.75, 3.05) is 0 Å². The molecule has 2 nitrogen and oxygen atoms in total. The van der Waals surface area contributed by atoms with Gasteiger partial charge in [0.25, 0.3) is 0 Å². The normalized spacial score (nSPS) is 11.0. The smallest absolute Gasteiger partial charge is 0.165 e. The Kier molecular flexibility index (Phi) is 4.89. The summed E-state index contributed by atoms with van der Waals surface area (Å²) < 4.78 is 11.9. The molecule has 0 aromatic heterocycles. The summed E-state index contributed by atoms with van der Waals surface area (Å²) in [6, 6.07) is 14.5. The Hall–Kier alpha value is -1.96. The van der Waals surface area contributed by atoms with Crippen LogP contribution in [0.25, 0.3) is 11.1 Å². The van der Waals surface area contributed by atoms with Gasteiger partial charge in [0, 0.05) is 5.56 Å². The molecule has 2 aromatic carbocycles. The van der Waals surface area contributed by atoms with Crippen LogP contribution in [-0.4, -0.2) is 12.2 Å². The molecule has 2 heteroatoms. The van der Waals surface area contributed by atoms with Crippen LogP contribution in [0.2, 0.25) is 0 Å². The van der Waals surface area contributed by atoms with E-state index >= 15 is 0 Å². The van der Waals surface area contributed by atoms with E-state index in [2.05, 4.69) is 37.3 Å². The molecule has 2 rings (SSSR count). The summed E-state index contributed by atoms with van der Waals surface area (Å²) in [7, 11) is 0. The minimum absolute atomic E-state index is 0.115. The predicted molar refractivity (Wildman–Crippen MR) is 88.1 cm³/mol. The molecule has 0 saturated carbocycles. The molecule has 0 aliphatic rings. The molecule has 2 aromatic rings. The molecule has 0 saturated heterocycles. The lowest BCUT2D eigenvalue weighted by atomic mass is 9.99. The van der Waals surface area contributed by atoms with Crippen LogP contribution in [0.4, 0.5) is 0 Å². The van der Waals surface area contributed by atoms with E-state index in [9.17, 15) is 0 Å². The first-order chi connectivity index (χ1) is 9.99. The predicted octanol–water partition coefficient (Wildman–Crippen LogP) is 5.24. The van der Waals surface area contributed by atoms with Crippen LogP contribution in [-0.2, 0) is 0 Å². The molecule has 0 spiro atoms. The maximum Gasteiger partial charge on any atom is 0.165 e. The second-order valence-corrected chi connectivity index (χ2v) is 5.76. The van der Waals surface area contributed by atoms with Gasteiger partial charge in [0.2, 0.25) is 0 Å². The van der Waals surface area contributed by atoms with Gasteiger partial charge in [-0.3, -0.25) is 0 Å². The van der Waals surface area contributed by atoms with Gasteiger partial charge in [-0.25, -0.2) is 0 Å². The second kappa shape index (κ2) is 6.66.